The zero-order chi connectivity index (χ0) is 11.4. The second kappa shape index (κ2) is 6.19. The fourth-order valence-corrected chi connectivity index (χ4v) is 3.22. The molecule has 0 rings (SSSR count). The van der Waals surface area contributed by atoms with Crippen LogP contribution in [0.15, 0.2) is 0 Å². The molecule has 0 spiro atoms. The van der Waals surface area contributed by atoms with Crippen LogP contribution >= 0.6 is 0 Å². The molecule has 0 aliphatic carbocycles. The van der Waals surface area contributed by atoms with E-state index in [1.54, 1.807) is 0 Å². The minimum absolute atomic E-state index is 0.443. The number of hydrogen-bond donors (Lipinski definition) is 0. The first kappa shape index (κ1) is 14.5. The summed E-state index contributed by atoms with van der Waals surface area (Å²) >= 11 is 3.20. The van der Waals surface area contributed by atoms with Gasteiger partial charge in [-0.3, -0.25) is 0 Å². The van der Waals surface area contributed by atoms with E-state index in [0.29, 0.717) is 4.28 Å². The Balaban J connectivity index is 4.83. The largest absolute Gasteiger partial charge is 0.130 e. The van der Waals surface area contributed by atoms with E-state index in [1.165, 1.54) is 19.3 Å². The third-order valence-electron chi connectivity index (χ3n) is 4.40. The van der Waals surface area contributed by atoms with Crippen LogP contribution in [0.3, 0.4) is 0 Å². The first-order valence-electron chi connectivity index (χ1n) is 6.23. The third kappa shape index (κ3) is 2.77. The molecular formula is C13H27Al. The van der Waals surface area contributed by atoms with Crippen molar-refractivity contribution in [1.82, 2.24) is 0 Å². The minimum atomic E-state index is 0.443. The molecule has 0 nitrogen and oxygen atoms in total. The molecule has 0 aromatic rings. The summed E-state index contributed by atoms with van der Waals surface area (Å²) in [6.45, 7) is 14.2. The summed E-state index contributed by atoms with van der Waals surface area (Å²) in [5, 5.41) is 0. The summed E-state index contributed by atoms with van der Waals surface area (Å²) in [6.07, 6.45) is 3.87. The molecule has 2 radical (unpaired) electrons. The van der Waals surface area contributed by atoms with Crippen LogP contribution < -0.4 is 0 Å². The summed E-state index contributed by atoms with van der Waals surface area (Å²) in [4.78, 5) is 0. The lowest BCUT2D eigenvalue weighted by Gasteiger charge is -2.47. The van der Waals surface area contributed by atoms with E-state index in [-0.39, 0.29) is 0 Å². The molecule has 3 unspecified atom stereocenters. The highest BCUT2D eigenvalue weighted by atomic mass is 27.0. The summed E-state index contributed by atoms with van der Waals surface area (Å²) < 4.78 is 0.443. The Bertz CT molecular complexity index is 127. The van der Waals surface area contributed by atoms with E-state index in [1.807, 2.05) is 0 Å². The van der Waals surface area contributed by atoms with Gasteiger partial charge < -0.3 is 0 Å². The van der Waals surface area contributed by atoms with Crippen LogP contribution in [0.1, 0.15) is 60.8 Å². The van der Waals surface area contributed by atoms with E-state index < -0.39 is 0 Å². The van der Waals surface area contributed by atoms with Gasteiger partial charge in [-0.05, 0) is 0 Å². The maximum absolute atomic E-state index is 3.20. The van der Waals surface area contributed by atoms with Gasteiger partial charge in [0.15, 0.2) is 0 Å². The first-order chi connectivity index (χ1) is 6.44. The molecule has 0 bridgehead atoms. The lowest BCUT2D eigenvalue weighted by atomic mass is 9.71. The highest BCUT2D eigenvalue weighted by Crippen LogP contribution is 2.50. The Labute approximate surface area is 99.3 Å². The van der Waals surface area contributed by atoms with Gasteiger partial charge in [0.2, 0.25) is 0 Å². The first-order valence-corrected chi connectivity index (χ1v) is 6.81. The van der Waals surface area contributed by atoms with Gasteiger partial charge in [0.05, 0.1) is 0 Å². The van der Waals surface area contributed by atoms with E-state index >= 15 is 0 Å². The molecule has 0 saturated heterocycles. The molecule has 1 heteroatoms. The quantitative estimate of drug-likeness (QED) is 0.568. The fourth-order valence-electron chi connectivity index (χ4n) is 2.52. The van der Waals surface area contributed by atoms with Crippen molar-refractivity contribution < 1.29 is 0 Å². The van der Waals surface area contributed by atoms with Crippen LogP contribution in [0.5, 0.6) is 0 Å². The van der Waals surface area contributed by atoms with Crippen molar-refractivity contribution in [3.63, 3.8) is 0 Å². The third-order valence-corrected chi connectivity index (χ3v) is 6.10. The van der Waals surface area contributed by atoms with Crippen molar-refractivity contribution in [2.75, 3.05) is 0 Å². The van der Waals surface area contributed by atoms with Crippen LogP contribution in [0.4, 0.5) is 0 Å². The molecule has 0 N–H and O–H groups in total. The Hall–Kier alpha value is 0.532. The van der Waals surface area contributed by atoms with Gasteiger partial charge in [0, 0.05) is 0 Å². The molecule has 0 aromatic heterocycles. The van der Waals surface area contributed by atoms with Crippen molar-refractivity contribution >= 4 is 16.3 Å². The molecule has 0 fully saturated rings. The van der Waals surface area contributed by atoms with Crippen molar-refractivity contribution in [2.24, 2.45) is 17.8 Å². The van der Waals surface area contributed by atoms with Crippen molar-refractivity contribution in [2.45, 2.75) is 65.1 Å². The van der Waals surface area contributed by atoms with Crippen LogP contribution in [-0.2, 0) is 0 Å². The van der Waals surface area contributed by atoms with Gasteiger partial charge in [0.1, 0.15) is 16.3 Å². The molecule has 0 aromatic carbocycles. The van der Waals surface area contributed by atoms with Gasteiger partial charge in [-0.25, -0.2) is 0 Å². The average molecular weight is 210 g/mol. The monoisotopic (exact) mass is 210 g/mol. The minimum Gasteiger partial charge on any atom is -0.0894 e. The van der Waals surface area contributed by atoms with E-state index in [4.69, 9.17) is 0 Å². The molecule has 0 amide bonds. The molecule has 0 saturated carbocycles. The second-order valence-electron chi connectivity index (χ2n) is 4.93. The van der Waals surface area contributed by atoms with E-state index in [9.17, 15) is 0 Å². The van der Waals surface area contributed by atoms with Gasteiger partial charge in [-0.15, -0.1) is 0 Å². The smallest absolute Gasteiger partial charge is 0.0894 e. The molecule has 0 heterocycles. The maximum Gasteiger partial charge on any atom is 0.130 e. The zero-order valence-electron chi connectivity index (χ0n) is 10.9. The van der Waals surface area contributed by atoms with Gasteiger partial charge in [-0.1, -0.05) is 82.8 Å². The molecule has 0 aliphatic rings. The highest BCUT2D eigenvalue weighted by molar-refractivity contribution is 6.15. The summed E-state index contributed by atoms with van der Waals surface area (Å²) in [5.74, 6) is 2.41. The summed E-state index contributed by atoms with van der Waals surface area (Å²) in [7, 11) is 0. The molecule has 82 valence electrons. The summed E-state index contributed by atoms with van der Waals surface area (Å²) in [6, 6.07) is 0. The van der Waals surface area contributed by atoms with Gasteiger partial charge in [0.25, 0.3) is 0 Å². The lowest BCUT2D eigenvalue weighted by Crippen LogP contribution is -2.34. The Kier molecular flexibility index (Phi) is 6.42. The lowest BCUT2D eigenvalue weighted by molar-refractivity contribution is 0.185. The molecule has 14 heavy (non-hydrogen) atoms. The van der Waals surface area contributed by atoms with Crippen LogP contribution in [0, 0.1) is 17.8 Å². The van der Waals surface area contributed by atoms with Gasteiger partial charge >= 0.3 is 0 Å². The number of hydrogen-bond acceptors (Lipinski definition) is 0. The van der Waals surface area contributed by atoms with Gasteiger partial charge in [-0.2, -0.15) is 0 Å². The summed E-state index contributed by atoms with van der Waals surface area (Å²) in [5.41, 5.74) is 0. The standard InChI is InChI=1S/C13H27.Al/c1-7-10(4)13(11(5)8-2)12(6)9-3;/h10-12H,7-9H2,1-6H3;. The second-order valence-corrected chi connectivity index (χ2v) is 5.93. The molecular weight excluding hydrogens is 183 g/mol. The predicted octanol–water partition coefficient (Wildman–Crippen LogP) is 4.45. The fraction of sp³-hybridized carbons (Fsp3) is 1.00. The van der Waals surface area contributed by atoms with Crippen LogP contribution in [0.25, 0.3) is 0 Å². The normalized spacial score (nSPS) is 22.4. The highest BCUT2D eigenvalue weighted by Gasteiger charge is 2.37. The van der Waals surface area contributed by atoms with E-state index in [2.05, 4.69) is 57.8 Å². The Morgan fingerprint density at radius 2 is 1.00 bits per heavy atom. The Morgan fingerprint density at radius 3 is 1.14 bits per heavy atom. The molecule has 0 aliphatic heterocycles. The van der Waals surface area contributed by atoms with Crippen molar-refractivity contribution in [3.05, 3.63) is 0 Å². The van der Waals surface area contributed by atoms with Crippen molar-refractivity contribution in [1.29, 1.82) is 0 Å². The number of rotatable bonds is 6. The Morgan fingerprint density at radius 1 is 0.786 bits per heavy atom. The van der Waals surface area contributed by atoms with E-state index in [0.717, 1.165) is 17.8 Å². The predicted molar refractivity (Wildman–Crippen MR) is 66.8 cm³/mol. The maximum atomic E-state index is 3.20. The SMILES string of the molecule is CCC(C)[C]([Al])(C(C)CC)C(C)CC. The average Bonchev–Trinajstić information content (AvgIpc) is 2.24. The van der Waals surface area contributed by atoms with Crippen LogP contribution in [-0.4, -0.2) is 16.3 Å². The molecule has 3 atom stereocenters. The topological polar surface area (TPSA) is 0 Å². The zero-order valence-corrected chi connectivity index (χ0v) is 12.1. The van der Waals surface area contributed by atoms with Crippen LogP contribution in [0.2, 0.25) is 4.28 Å². The van der Waals surface area contributed by atoms with Crippen molar-refractivity contribution in [3.8, 4) is 0 Å².